The van der Waals surface area contributed by atoms with Crippen molar-refractivity contribution in [1.29, 1.82) is 5.26 Å². The molecule has 1 aromatic rings. The van der Waals surface area contributed by atoms with Crippen LogP contribution in [0.2, 0.25) is 0 Å². The number of nitrogens with one attached hydrogen (secondary N) is 2. The lowest BCUT2D eigenvalue weighted by molar-refractivity contribution is 0.0946. The van der Waals surface area contributed by atoms with Gasteiger partial charge in [0.1, 0.15) is 5.69 Å². The Morgan fingerprint density at radius 2 is 2.57 bits per heavy atom. The maximum Gasteiger partial charge on any atom is 0.267 e. The predicted molar refractivity (Wildman–Crippen MR) is 55.6 cm³/mol. The molecule has 1 atom stereocenters. The van der Waals surface area contributed by atoms with E-state index in [2.05, 4.69) is 26.2 Å². The van der Waals surface area contributed by atoms with Crippen LogP contribution >= 0.6 is 15.9 Å². The van der Waals surface area contributed by atoms with Gasteiger partial charge in [-0.1, -0.05) is 0 Å². The minimum atomic E-state index is -0.196. The fourth-order valence-electron chi connectivity index (χ4n) is 0.886. The van der Waals surface area contributed by atoms with Gasteiger partial charge in [0.25, 0.3) is 5.91 Å². The van der Waals surface area contributed by atoms with Gasteiger partial charge in [0.2, 0.25) is 0 Å². The van der Waals surface area contributed by atoms with Crippen molar-refractivity contribution in [3.8, 4) is 6.07 Å². The lowest BCUT2D eigenvalue weighted by Crippen LogP contribution is -2.27. The number of halogens is 1. The summed E-state index contributed by atoms with van der Waals surface area (Å²) in [6.07, 6.45) is 1.68. The highest BCUT2D eigenvalue weighted by molar-refractivity contribution is 9.10. The van der Waals surface area contributed by atoms with E-state index < -0.39 is 0 Å². The molecule has 1 amide bonds. The molecule has 14 heavy (non-hydrogen) atoms. The summed E-state index contributed by atoms with van der Waals surface area (Å²) in [4.78, 5) is 14.2. The minimum Gasteiger partial charge on any atom is -0.356 e. The summed E-state index contributed by atoms with van der Waals surface area (Å²) in [7, 11) is 0. The Bertz CT molecular complexity index is 366. The normalized spacial score (nSPS) is 11.8. The molecule has 0 aliphatic heterocycles. The van der Waals surface area contributed by atoms with Crippen molar-refractivity contribution in [3.05, 3.63) is 22.4 Å². The van der Waals surface area contributed by atoms with Crippen molar-refractivity contribution in [2.45, 2.75) is 6.92 Å². The first-order chi connectivity index (χ1) is 6.63. The van der Waals surface area contributed by atoms with Crippen LogP contribution in [0.3, 0.4) is 0 Å². The second kappa shape index (κ2) is 4.82. The molecule has 2 N–H and O–H groups in total. The number of H-pyrrole nitrogens is 1. The molecule has 1 aromatic heterocycles. The molecule has 74 valence electrons. The Morgan fingerprint density at radius 1 is 1.86 bits per heavy atom. The third-order valence-electron chi connectivity index (χ3n) is 1.68. The van der Waals surface area contributed by atoms with E-state index in [0.717, 1.165) is 4.47 Å². The lowest BCUT2D eigenvalue weighted by atomic mass is 10.2. The number of amides is 1. The first kappa shape index (κ1) is 10.8. The molecule has 0 radical (unpaired) electrons. The van der Waals surface area contributed by atoms with E-state index in [4.69, 9.17) is 5.26 Å². The fourth-order valence-corrected chi connectivity index (χ4v) is 1.23. The largest absolute Gasteiger partial charge is 0.356 e. The average Bonchev–Trinajstić information content (AvgIpc) is 2.60. The molecule has 0 fully saturated rings. The second-order valence-corrected chi connectivity index (χ2v) is 3.89. The van der Waals surface area contributed by atoms with Crippen molar-refractivity contribution in [1.82, 2.24) is 10.3 Å². The lowest BCUT2D eigenvalue weighted by Gasteiger charge is -2.03. The molecule has 0 aromatic carbocycles. The SMILES string of the molecule is CC(C#N)CNC(=O)c1cc(Br)c[nH]1. The van der Waals surface area contributed by atoms with Gasteiger partial charge in [-0.15, -0.1) is 0 Å². The van der Waals surface area contributed by atoms with Gasteiger partial charge < -0.3 is 10.3 Å². The van der Waals surface area contributed by atoms with Gasteiger partial charge in [-0.2, -0.15) is 5.26 Å². The molecule has 1 heterocycles. The van der Waals surface area contributed by atoms with Crippen LogP contribution in [0.15, 0.2) is 16.7 Å². The number of hydrogen-bond acceptors (Lipinski definition) is 2. The van der Waals surface area contributed by atoms with Crippen LogP contribution in [0.5, 0.6) is 0 Å². The van der Waals surface area contributed by atoms with Gasteiger partial charge in [0, 0.05) is 17.2 Å². The zero-order valence-corrected chi connectivity index (χ0v) is 9.26. The van der Waals surface area contributed by atoms with Crippen molar-refractivity contribution in [3.63, 3.8) is 0 Å². The standard InChI is InChI=1S/C9H10BrN3O/c1-6(3-11)4-13-9(14)8-2-7(10)5-12-8/h2,5-6,12H,4H2,1H3,(H,13,14). The van der Waals surface area contributed by atoms with Crippen LogP contribution in [0, 0.1) is 17.2 Å². The number of carbonyl (C=O) groups is 1. The Kier molecular flexibility index (Phi) is 3.72. The third kappa shape index (κ3) is 2.89. The average molecular weight is 256 g/mol. The quantitative estimate of drug-likeness (QED) is 0.863. The van der Waals surface area contributed by atoms with Crippen LogP contribution in [-0.4, -0.2) is 17.4 Å². The monoisotopic (exact) mass is 255 g/mol. The molecule has 4 nitrogen and oxygen atoms in total. The molecule has 0 aliphatic carbocycles. The molecule has 0 spiro atoms. The van der Waals surface area contributed by atoms with E-state index in [1.165, 1.54) is 0 Å². The summed E-state index contributed by atoms with van der Waals surface area (Å²) in [6.45, 7) is 2.12. The van der Waals surface area contributed by atoms with Crippen LogP contribution in [0.4, 0.5) is 0 Å². The van der Waals surface area contributed by atoms with Crippen LogP contribution in [0.1, 0.15) is 17.4 Å². The summed E-state index contributed by atoms with van der Waals surface area (Å²) in [5.74, 6) is -0.366. The van der Waals surface area contributed by atoms with E-state index in [9.17, 15) is 4.79 Å². The van der Waals surface area contributed by atoms with Crippen LogP contribution < -0.4 is 5.32 Å². The molecular weight excluding hydrogens is 246 g/mol. The van der Waals surface area contributed by atoms with Gasteiger partial charge >= 0.3 is 0 Å². The molecule has 0 saturated heterocycles. The van der Waals surface area contributed by atoms with Crippen molar-refractivity contribution in [2.24, 2.45) is 5.92 Å². The number of aromatic amines is 1. The number of hydrogen-bond donors (Lipinski definition) is 2. The highest BCUT2D eigenvalue weighted by Gasteiger charge is 2.08. The fraction of sp³-hybridized carbons (Fsp3) is 0.333. The Morgan fingerprint density at radius 3 is 3.07 bits per heavy atom. The molecule has 1 rings (SSSR count). The van der Waals surface area contributed by atoms with Gasteiger partial charge in [0.15, 0.2) is 0 Å². The number of nitrogens with zero attached hydrogens (tertiary/aromatic N) is 1. The zero-order chi connectivity index (χ0) is 10.6. The maximum absolute atomic E-state index is 11.4. The van der Waals surface area contributed by atoms with Crippen molar-refractivity contribution >= 4 is 21.8 Å². The van der Waals surface area contributed by atoms with E-state index in [-0.39, 0.29) is 11.8 Å². The third-order valence-corrected chi connectivity index (χ3v) is 2.14. The molecule has 1 unspecified atom stereocenters. The number of carbonyl (C=O) groups excluding carboxylic acids is 1. The smallest absolute Gasteiger partial charge is 0.267 e. The molecule has 0 saturated carbocycles. The maximum atomic E-state index is 11.4. The van der Waals surface area contributed by atoms with Crippen LogP contribution in [-0.2, 0) is 0 Å². The van der Waals surface area contributed by atoms with E-state index in [1.54, 1.807) is 19.2 Å². The van der Waals surface area contributed by atoms with Gasteiger partial charge in [-0.3, -0.25) is 4.79 Å². The predicted octanol–water partition coefficient (Wildman–Crippen LogP) is 1.67. The highest BCUT2D eigenvalue weighted by atomic mass is 79.9. The van der Waals surface area contributed by atoms with Gasteiger partial charge in [-0.05, 0) is 28.9 Å². The molecule has 0 bridgehead atoms. The summed E-state index contributed by atoms with van der Waals surface area (Å²) in [5.41, 5.74) is 0.488. The first-order valence-electron chi connectivity index (χ1n) is 4.15. The number of aromatic nitrogens is 1. The van der Waals surface area contributed by atoms with Gasteiger partial charge in [-0.25, -0.2) is 0 Å². The Balaban J connectivity index is 2.48. The Labute approximate surface area is 90.4 Å². The summed E-state index contributed by atoms with van der Waals surface area (Å²) < 4.78 is 0.830. The van der Waals surface area contributed by atoms with Gasteiger partial charge in [0.05, 0.1) is 12.0 Å². The Hall–Kier alpha value is -1.28. The van der Waals surface area contributed by atoms with E-state index in [1.807, 2.05) is 6.07 Å². The van der Waals surface area contributed by atoms with Crippen molar-refractivity contribution < 1.29 is 4.79 Å². The highest BCUT2D eigenvalue weighted by Crippen LogP contribution is 2.10. The summed E-state index contributed by atoms with van der Waals surface area (Å²) in [5, 5.41) is 11.2. The zero-order valence-electron chi connectivity index (χ0n) is 7.67. The number of rotatable bonds is 3. The molecular formula is C9H10BrN3O. The van der Waals surface area contributed by atoms with Crippen molar-refractivity contribution in [2.75, 3.05) is 6.54 Å². The first-order valence-corrected chi connectivity index (χ1v) is 4.94. The second-order valence-electron chi connectivity index (χ2n) is 2.97. The summed E-state index contributed by atoms with van der Waals surface area (Å²) >= 11 is 3.23. The number of nitriles is 1. The molecule has 5 heteroatoms. The van der Waals surface area contributed by atoms with E-state index >= 15 is 0 Å². The molecule has 0 aliphatic rings. The summed E-state index contributed by atoms with van der Waals surface area (Å²) in [6, 6.07) is 3.73. The minimum absolute atomic E-state index is 0.169. The van der Waals surface area contributed by atoms with Crippen LogP contribution in [0.25, 0.3) is 0 Å². The van der Waals surface area contributed by atoms with E-state index in [0.29, 0.717) is 12.2 Å². The topological polar surface area (TPSA) is 68.7 Å².